The summed E-state index contributed by atoms with van der Waals surface area (Å²) in [7, 11) is 0. The molecule has 0 spiro atoms. The van der Waals surface area contributed by atoms with E-state index in [1.54, 1.807) is 11.3 Å². The van der Waals surface area contributed by atoms with E-state index in [0.29, 0.717) is 18.9 Å². The zero-order valence-electron chi connectivity index (χ0n) is 12.3. The van der Waals surface area contributed by atoms with E-state index in [9.17, 15) is 4.79 Å². The fourth-order valence-corrected chi connectivity index (χ4v) is 3.36. The number of imidazole rings is 1. The van der Waals surface area contributed by atoms with Gasteiger partial charge in [0.05, 0.1) is 12.2 Å². The van der Waals surface area contributed by atoms with E-state index >= 15 is 0 Å². The van der Waals surface area contributed by atoms with Crippen molar-refractivity contribution < 1.29 is 4.79 Å². The third kappa shape index (κ3) is 5.12. The van der Waals surface area contributed by atoms with Crippen LogP contribution >= 0.6 is 36.2 Å². The van der Waals surface area contributed by atoms with Gasteiger partial charge in [-0.1, -0.05) is 0 Å². The van der Waals surface area contributed by atoms with Crippen molar-refractivity contribution in [2.75, 3.05) is 13.1 Å². The molecule has 0 aliphatic carbocycles. The number of thiazole rings is 1. The largest absolute Gasteiger partial charge is 0.350 e. The minimum atomic E-state index is 0. The van der Waals surface area contributed by atoms with E-state index < -0.39 is 0 Å². The van der Waals surface area contributed by atoms with Gasteiger partial charge in [-0.3, -0.25) is 9.20 Å². The molecule has 1 aliphatic rings. The number of fused-ring (bicyclic) bond motifs is 1. The number of amides is 1. The zero-order chi connectivity index (χ0) is 13.8. The Morgan fingerprint density at radius 1 is 1.41 bits per heavy atom. The molecule has 0 atom stereocenters. The van der Waals surface area contributed by atoms with Crippen LogP contribution in [0, 0.1) is 5.92 Å². The number of carbonyl (C=O) groups excluding carboxylic acids is 1. The van der Waals surface area contributed by atoms with Crippen molar-refractivity contribution in [2.45, 2.75) is 32.2 Å². The van der Waals surface area contributed by atoms with Gasteiger partial charge in [0.25, 0.3) is 0 Å². The molecule has 0 unspecified atom stereocenters. The maximum atomic E-state index is 11.9. The summed E-state index contributed by atoms with van der Waals surface area (Å²) in [5.74, 6) is 0.847. The molecule has 2 aromatic rings. The number of hydrogen-bond acceptors (Lipinski definition) is 4. The average molecular weight is 365 g/mol. The van der Waals surface area contributed by atoms with E-state index in [4.69, 9.17) is 0 Å². The van der Waals surface area contributed by atoms with E-state index in [0.717, 1.165) is 30.2 Å². The lowest BCUT2D eigenvalue weighted by molar-refractivity contribution is -0.121. The van der Waals surface area contributed by atoms with Crippen LogP contribution in [0.3, 0.4) is 0 Å². The Labute approximate surface area is 146 Å². The molecule has 2 aromatic heterocycles. The molecule has 2 N–H and O–H groups in total. The Hall–Kier alpha value is -0.820. The second kappa shape index (κ2) is 9.35. The lowest BCUT2D eigenvalue weighted by Gasteiger charge is -2.22. The molecule has 22 heavy (non-hydrogen) atoms. The van der Waals surface area contributed by atoms with Crippen molar-refractivity contribution in [3.05, 3.63) is 23.5 Å². The van der Waals surface area contributed by atoms with Gasteiger partial charge in [-0.15, -0.1) is 36.2 Å². The van der Waals surface area contributed by atoms with Gasteiger partial charge in [-0.25, -0.2) is 4.98 Å². The molecule has 0 saturated carbocycles. The lowest BCUT2D eigenvalue weighted by atomic mass is 9.93. The summed E-state index contributed by atoms with van der Waals surface area (Å²) in [5.41, 5.74) is 0.923. The van der Waals surface area contributed by atoms with E-state index in [1.165, 1.54) is 12.8 Å². The predicted octanol–water partition coefficient (Wildman–Crippen LogP) is 2.64. The van der Waals surface area contributed by atoms with Crippen molar-refractivity contribution in [2.24, 2.45) is 5.92 Å². The maximum Gasteiger partial charge on any atom is 0.220 e. The van der Waals surface area contributed by atoms with Crippen molar-refractivity contribution in [1.29, 1.82) is 0 Å². The number of halogens is 2. The molecule has 0 radical (unpaired) electrons. The summed E-state index contributed by atoms with van der Waals surface area (Å²) in [6, 6.07) is 0. The highest BCUT2D eigenvalue weighted by molar-refractivity contribution is 7.15. The van der Waals surface area contributed by atoms with Crippen LogP contribution < -0.4 is 10.6 Å². The first-order chi connectivity index (χ1) is 9.81. The van der Waals surface area contributed by atoms with Crippen molar-refractivity contribution in [3.63, 3.8) is 0 Å². The predicted molar refractivity (Wildman–Crippen MR) is 94.2 cm³/mol. The van der Waals surface area contributed by atoms with Crippen LogP contribution in [-0.2, 0) is 11.3 Å². The molecule has 1 saturated heterocycles. The highest BCUT2D eigenvalue weighted by atomic mass is 35.5. The monoisotopic (exact) mass is 364 g/mol. The molecular weight excluding hydrogens is 343 g/mol. The molecule has 3 rings (SSSR count). The van der Waals surface area contributed by atoms with Crippen molar-refractivity contribution in [1.82, 2.24) is 20.0 Å². The smallest absolute Gasteiger partial charge is 0.220 e. The van der Waals surface area contributed by atoms with E-state index in [1.807, 2.05) is 22.2 Å². The minimum Gasteiger partial charge on any atom is -0.350 e. The maximum absolute atomic E-state index is 11.9. The number of nitrogens with one attached hydrogen (secondary N) is 2. The van der Waals surface area contributed by atoms with Crippen LogP contribution in [0.25, 0.3) is 4.96 Å². The lowest BCUT2D eigenvalue weighted by Crippen LogP contribution is -2.29. The number of piperidine rings is 1. The third-order valence-corrected chi connectivity index (χ3v) is 4.62. The molecule has 3 heterocycles. The Balaban J connectivity index is 0.00000121. The average Bonchev–Trinajstić information content (AvgIpc) is 3.05. The second-order valence-electron chi connectivity index (χ2n) is 5.33. The summed E-state index contributed by atoms with van der Waals surface area (Å²) in [4.78, 5) is 17.3. The van der Waals surface area contributed by atoms with Crippen molar-refractivity contribution in [3.8, 4) is 0 Å². The molecule has 8 heteroatoms. The van der Waals surface area contributed by atoms with Gasteiger partial charge in [0.2, 0.25) is 5.91 Å². The number of carbonyl (C=O) groups is 1. The fraction of sp³-hybridized carbons (Fsp3) is 0.571. The topological polar surface area (TPSA) is 58.4 Å². The van der Waals surface area contributed by atoms with Gasteiger partial charge < -0.3 is 10.6 Å². The molecule has 124 valence electrons. The molecule has 0 bridgehead atoms. The molecule has 0 aromatic carbocycles. The van der Waals surface area contributed by atoms with Crippen LogP contribution in [0.1, 0.15) is 31.4 Å². The minimum absolute atomic E-state index is 0. The van der Waals surface area contributed by atoms with Gasteiger partial charge >= 0.3 is 0 Å². The van der Waals surface area contributed by atoms with Crippen LogP contribution in [0.5, 0.6) is 0 Å². The van der Waals surface area contributed by atoms with Gasteiger partial charge in [0.1, 0.15) is 0 Å². The number of rotatable bonds is 5. The molecular formula is C14H22Cl2N4OS. The number of hydrogen-bond donors (Lipinski definition) is 2. The number of aromatic nitrogens is 2. The Morgan fingerprint density at radius 3 is 2.91 bits per heavy atom. The first-order valence-corrected chi connectivity index (χ1v) is 8.08. The second-order valence-corrected chi connectivity index (χ2v) is 6.21. The summed E-state index contributed by atoms with van der Waals surface area (Å²) >= 11 is 1.60. The SMILES string of the molecule is Cl.Cl.O=C(CCC1CCNCC1)NCc1cn2ccsc2n1. The van der Waals surface area contributed by atoms with Crippen LogP contribution in [0.15, 0.2) is 17.8 Å². The first kappa shape index (κ1) is 19.2. The van der Waals surface area contributed by atoms with Gasteiger partial charge in [-0.05, 0) is 38.3 Å². The molecule has 1 aliphatic heterocycles. The van der Waals surface area contributed by atoms with Gasteiger partial charge in [0.15, 0.2) is 4.96 Å². The van der Waals surface area contributed by atoms with Gasteiger partial charge in [0, 0.05) is 24.2 Å². The summed E-state index contributed by atoms with van der Waals surface area (Å²) in [6.45, 7) is 2.72. The summed E-state index contributed by atoms with van der Waals surface area (Å²) in [6.07, 6.45) is 7.99. The Morgan fingerprint density at radius 2 is 2.18 bits per heavy atom. The molecule has 1 fully saturated rings. The van der Waals surface area contributed by atoms with Gasteiger partial charge in [-0.2, -0.15) is 0 Å². The molecule has 1 amide bonds. The summed E-state index contributed by atoms with van der Waals surface area (Å²) in [5, 5.41) is 8.32. The van der Waals surface area contributed by atoms with Crippen LogP contribution in [-0.4, -0.2) is 28.4 Å². The highest BCUT2D eigenvalue weighted by Crippen LogP contribution is 2.17. The van der Waals surface area contributed by atoms with Crippen LogP contribution in [0.2, 0.25) is 0 Å². The first-order valence-electron chi connectivity index (χ1n) is 7.20. The quantitative estimate of drug-likeness (QED) is 0.857. The fourth-order valence-electron chi connectivity index (χ4n) is 2.64. The third-order valence-electron chi connectivity index (χ3n) is 3.85. The highest BCUT2D eigenvalue weighted by Gasteiger charge is 2.14. The van der Waals surface area contributed by atoms with Crippen LogP contribution in [0.4, 0.5) is 0 Å². The normalized spacial score (nSPS) is 15.1. The Kier molecular flexibility index (Phi) is 8.17. The Bertz CT molecular complexity index is 552. The molecule has 5 nitrogen and oxygen atoms in total. The van der Waals surface area contributed by atoms with E-state index in [2.05, 4.69) is 15.6 Å². The van der Waals surface area contributed by atoms with E-state index in [-0.39, 0.29) is 30.7 Å². The zero-order valence-corrected chi connectivity index (χ0v) is 14.7. The standard InChI is InChI=1S/C14H20N4OS.2ClH/c19-13(2-1-11-3-5-15-6-4-11)16-9-12-10-18-7-8-20-14(18)17-12;;/h7-8,10-11,15H,1-6,9H2,(H,16,19);2*1H. The van der Waals surface area contributed by atoms with Crippen molar-refractivity contribution >= 4 is 47.0 Å². The number of nitrogens with zero attached hydrogens (tertiary/aromatic N) is 2. The summed E-state index contributed by atoms with van der Waals surface area (Å²) < 4.78 is 1.99.